The van der Waals surface area contributed by atoms with Crippen molar-refractivity contribution in [2.24, 2.45) is 10.4 Å². The summed E-state index contributed by atoms with van der Waals surface area (Å²) < 4.78 is 5.40. The minimum absolute atomic E-state index is 0.233. The second-order valence-electron chi connectivity index (χ2n) is 7.10. The highest BCUT2D eigenvalue weighted by atomic mass is 16.6. The van der Waals surface area contributed by atoms with Crippen molar-refractivity contribution in [1.29, 1.82) is 0 Å². The summed E-state index contributed by atoms with van der Waals surface area (Å²) in [5, 5.41) is 3.36. The van der Waals surface area contributed by atoms with Gasteiger partial charge in [0.05, 0.1) is 13.1 Å². The van der Waals surface area contributed by atoms with Crippen LogP contribution in [0.5, 0.6) is 0 Å². The number of hydrogen-bond donors (Lipinski definition) is 1. The Labute approximate surface area is 122 Å². The molecule has 0 aromatic rings. The highest BCUT2D eigenvalue weighted by Crippen LogP contribution is 2.18. The Hall–Kier alpha value is -1.26. The molecule has 0 aromatic heterocycles. The Morgan fingerprint density at radius 3 is 2.55 bits per heavy atom. The minimum atomic E-state index is -0.455. The van der Waals surface area contributed by atoms with E-state index in [4.69, 9.17) is 4.74 Å². The van der Waals surface area contributed by atoms with Gasteiger partial charge in [-0.2, -0.15) is 0 Å². The van der Waals surface area contributed by atoms with Gasteiger partial charge in [-0.25, -0.2) is 4.79 Å². The molecule has 1 heterocycles. The SMILES string of the molecule is CCC(C)(C)CNC1=NCCN(C(=O)OC(C)(C)C)C1. The molecule has 5 nitrogen and oxygen atoms in total. The molecule has 1 N–H and O–H groups in total. The van der Waals surface area contributed by atoms with E-state index in [2.05, 4.69) is 31.1 Å². The molecule has 1 amide bonds. The van der Waals surface area contributed by atoms with Crippen molar-refractivity contribution in [2.45, 2.75) is 53.6 Å². The van der Waals surface area contributed by atoms with Crippen LogP contribution in [-0.4, -0.2) is 48.6 Å². The third kappa shape index (κ3) is 5.80. The van der Waals surface area contributed by atoms with Crippen molar-refractivity contribution >= 4 is 11.9 Å². The summed E-state index contributed by atoms with van der Waals surface area (Å²) in [6.07, 6.45) is 0.838. The molecular formula is C15H29N3O2. The Kier molecular flexibility index (Phi) is 5.42. The van der Waals surface area contributed by atoms with E-state index in [9.17, 15) is 4.79 Å². The van der Waals surface area contributed by atoms with Crippen molar-refractivity contribution in [3.63, 3.8) is 0 Å². The van der Waals surface area contributed by atoms with Crippen LogP contribution in [0.15, 0.2) is 4.99 Å². The standard InChI is InChI=1S/C15H29N3O2/c1-7-15(5,6)11-17-12-10-18(9-8-16-12)13(19)20-14(2,3)4/h7-11H2,1-6H3,(H,16,17). The van der Waals surface area contributed by atoms with Crippen LogP contribution in [0.2, 0.25) is 0 Å². The first-order chi connectivity index (χ1) is 9.13. The van der Waals surface area contributed by atoms with Gasteiger partial charge in [0.2, 0.25) is 0 Å². The third-order valence-corrected chi connectivity index (χ3v) is 3.39. The predicted molar refractivity (Wildman–Crippen MR) is 82.2 cm³/mol. The van der Waals surface area contributed by atoms with Crippen LogP contribution in [0.3, 0.4) is 0 Å². The summed E-state index contributed by atoms with van der Waals surface area (Å²) in [5.74, 6) is 0.878. The fourth-order valence-corrected chi connectivity index (χ4v) is 1.68. The Morgan fingerprint density at radius 1 is 1.35 bits per heavy atom. The number of carbonyl (C=O) groups is 1. The average Bonchev–Trinajstić information content (AvgIpc) is 2.35. The Balaban J connectivity index is 2.50. The first kappa shape index (κ1) is 16.8. The molecule has 0 saturated heterocycles. The zero-order valence-electron chi connectivity index (χ0n) is 13.7. The first-order valence-corrected chi connectivity index (χ1v) is 7.38. The summed E-state index contributed by atoms with van der Waals surface area (Å²) in [7, 11) is 0. The summed E-state index contributed by atoms with van der Waals surface area (Å²) in [5.41, 5.74) is -0.222. The van der Waals surface area contributed by atoms with E-state index < -0.39 is 5.60 Å². The molecule has 1 aliphatic heterocycles. The topological polar surface area (TPSA) is 53.9 Å². The van der Waals surface area contributed by atoms with Crippen molar-refractivity contribution in [2.75, 3.05) is 26.2 Å². The smallest absolute Gasteiger partial charge is 0.410 e. The number of carbonyl (C=O) groups excluding carboxylic acids is 1. The van der Waals surface area contributed by atoms with Crippen LogP contribution in [0, 0.1) is 5.41 Å². The zero-order chi connectivity index (χ0) is 15.4. The number of rotatable bonds is 3. The predicted octanol–water partition coefficient (Wildman–Crippen LogP) is 2.66. The minimum Gasteiger partial charge on any atom is -0.444 e. The van der Waals surface area contributed by atoms with E-state index in [1.807, 2.05) is 20.8 Å². The third-order valence-electron chi connectivity index (χ3n) is 3.39. The van der Waals surface area contributed by atoms with Crippen molar-refractivity contribution < 1.29 is 9.53 Å². The van der Waals surface area contributed by atoms with Gasteiger partial charge in [-0.15, -0.1) is 0 Å². The number of hydrogen-bond acceptors (Lipinski definition) is 4. The highest BCUT2D eigenvalue weighted by molar-refractivity contribution is 5.87. The molecule has 1 aliphatic rings. The monoisotopic (exact) mass is 283 g/mol. The lowest BCUT2D eigenvalue weighted by Gasteiger charge is -2.31. The van der Waals surface area contributed by atoms with Crippen LogP contribution in [0.4, 0.5) is 4.79 Å². The molecule has 0 radical (unpaired) electrons. The molecule has 116 valence electrons. The van der Waals surface area contributed by atoms with Gasteiger partial charge in [0.15, 0.2) is 0 Å². The van der Waals surface area contributed by atoms with Crippen LogP contribution < -0.4 is 5.32 Å². The van der Waals surface area contributed by atoms with Gasteiger partial charge >= 0.3 is 6.09 Å². The van der Waals surface area contributed by atoms with E-state index in [-0.39, 0.29) is 11.5 Å². The van der Waals surface area contributed by atoms with Gasteiger partial charge in [-0.05, 0) is 32.6 Å². The molecule has 0 fully saturated rings. The normalized spacial score (nSPS) is 16.7. The summed E-state index contributed by atoms with van der Waals surface area (Å²) in [4.78, 5) is 18.2. The molecule has 0 aliphatic carbocycles. The number of nitrogens with zero attached hydrogens (tertiary/aromatic N) is 2. The maximum atomic E-state index is 12.0. The van der Waals surface area contributed by atoms with E-state index >= 15 is 0 Å². The second-order valence-corrected chi connectivity index (χ2v) is 7.10. The molecule has 0 unspecified atom stereocenters. The fourth-order valence-electron chi connectivity index (χ4n) is 1.68. The van der Waals surface area contributed by atoms with Gasteiger partial charge in [-0.3, -0.25) is 9.89 Å². The van der Waals surface area contributed by atoms with Gasteiger partial charge < -0.3 is 10.1 Å². The lowest BCUT2D eigenvalue weighted by molar-refractivity contribution is 0.0276. The first-order valence-electron chi connectivity index (χ1n) is 7.38. The number of amides is 1. The van der Waals surface area contributed by atoms with Crippen molar-refractivity contribution in [1.82, 2.24) is 10.2 Å². The zero-order valence-corrected chi connectivity index (χ0v) is 13.7. The Bertz CT molecular complexity index is 370. The van der Waals surface area contributed by atoms with Crippen LogP contribution >= 0.6 is 0 Å². The highest BCUT2D eigenvalue weighted by Gasteiger charge is 2.25. The summed E-state index contributed by atoms with van der Waals surface area (Å²) in [6, 6.07) is 0. The summed E-state index contributed by atoms with van der Waals surface area (Å²) in [6.45, 7) is 14.9. The van der Waals surface area contributed by atoms with E-state index in [0.717, 1.165) is 18.8 Å². The maximum absolute atomic E-state index is 12.0. The molecule has 0 saturated carbocycles. The van der Waals surface area contributed by atoms with E-state index in [1.54, 1.807) is 4.90 Å². The van der Waals surface area contributed by atoms with Gasteiger partial charge in [0.1, 0.15) is 11.4 Å². The van der Waals surface area contributed by atoms with Crippen LogP contribution in [-0.2, 0) is 4.74 Å². The van der Waals surface area contributed by atoms with Gasteiger partial charge in [0.25, 0.3) is 0 Å². The molecule has 0 atom stereocenters. The molecule has 0 aromatic carbocycles. The molecule has 5 heteroatoms. The average molecular weight is 283 g/mol. The number of ether oxygens (including phenoxy) is 1. The quantitative estimate of drug-likeness (QED) is 0.866. The molecule has 0 spiro atoms. The molecule has 1 rings (SSSR count). The molecular weight excluding hydrogens is 254 g/mol. The van der Waals surface area contributed by atoms with Gasteiger partial charge in [-0.1, -0.05) is 20.8 Å². The number of amidine groups is 1. The van der Waals surface area contributed by atoms with Crippen LogP contribution in [0.1, 0.15) is 48.0 Å². The van der Waals surface area contributed by atoms with Crippen LogP contribution in [0.25, 0.3) is 0 Å². The lowest BCUT2D eigenvalue weighted by atomic mass is 9.90. The molecule has 0 bridgehead atoms. The molecule has 20 heavy (non-hydrogen) atoms. The largest absolute Gasteiger partial charge is 0.444 e. The van der Waals surface area contributed by atoms with E-state index in [0.29, 0.717) is 19.6 Å². The van der Waals surface area contributed by atoms with Crippen molar-refractivity contribution in [3.8, 4) is 0 Å². The lowest BCUT2D eigenvalue weighted by Crippen LogP contribution is -2.48. The Morgan fingerprint density at radius 2 is 2.00 bits per heavy atom. The maximum Gasteiger partial charge on any atom is 0.410 e. The fraction of sp³-hybridized carbons (Fsp3) is 0.867. The number of aliphatic imine (C=N–C) groups is 1. The summed E-state index contributed by atoms with van der Waals surface area (Å²) >= 11 is 0. The van der Waals surface area contributed by atoms with Crippen molar-refractivity contribution in [3.05, 3.63) is 0 Å². The number of nitrogens with one attached hydrogen (secondary N) is 1. The van der Waals surface area contributed by atoms with E-state index in [1.165, 1.54) is 0 Å². The second kappa shape index (κ2) is 6.46. The van der Waals surface area contributed by atoms with Gasteiger partial charge in [0, 0.05) is 13.1 Å².